The molecular formula is C88H116N12O4+4. The Morgan fingerprint density at radius 1 is 0.365 bits per heavy atom. The lowest BCUT2D eigenvalue weighted by Gasteiger charge is -2.42. The maximum absolute atomic E-state index is 9.31. The first kappa shape index (κ1) is 56.1. The van der Waals surface area contributed by atoms with Gasteiger partial charge in [0, 0.05) is 94.6 Å². The first-order valence-electron chi connectivity index (χ1n) is 44.5. The van der Waals surface area contributed by atoms with Crippen molar-refractivity contribution in [1.82, 2.24) is 19.9 Å². The highest BCUT2D eigenvalue weighted by molar-refractivity contribution is 6.12. The fraction of sp³-hybridized carbons (Fsp3) is 0.500. The number of quaternary nitrogens is 4. The molecule has 0 amide bonds. The summed E-state index contributed by atoms with van der Waals surface area (Å²) in [5.74, 6) is 0. The quantitative estimate of drug-likeness (QED) is 0.156. The van der Waals surface area contributed by atoms with Crippen molar-refractivity contribution in [3.63, 3.8) is 0 Å². The van der Waals surface area contributed by atoms with Gasteiger partial charge in [-0.3, -0.25) is 0 Å². The van der Waals surface area contributed by atoms with E-state index < -0.39 is 83.4 Å². The van der Waals surface area contributed by atoms with Gasteiger partial charge in [0.2, 0.25) is 22.9 Å². The van der Waals surface area contributed by atoms with Crippen LogP contribution in [0, 0.1) is 41.5 Å². The minimum absolute atomic E-state index is 0.0301. The van der Waals surface area contributed by atoms with Crippen LogP contribution >= 0.6 is 0 Å². The van der Waals surface area contributed by atoms with E-state index in [1.165, 1.54) is 26.9 Å². The van der Waals surface area contributed by atoms with Crippen molar-refractivity contribution in [3.05, 3.63) is 143 Å². The molecule has 12 aromatic rings. The van der Waals surface area contributed by atoms with Gasteiger partial charge in [0.25, 0.3) is 0 Å². The van der Waals surface area contributed by atoms with Gasteiger partial charge in [0.05, 0.1) is 118 Å². The monoisotopic (exact) mass is 1420 g/mol. The van der Waals surface area contributed by atoms with Crippen LogP contribution in [-0.4, -0.2) is 165 Å². The second-order valence-corrected chi connectivity index (χ2v) is 33.1. The van der Waals surface area contributed by atoms with Crippen LogP contribution in [0.5, 0.6) is 0 Å². The summed E-state index contributed by atoms with van der Waals surface area (Å²) in [6.45, 7) is 26.9. The van der Waals surface area contributed by atoms with E-state index in [0.717, 1.165) is 157 Å². The third-order valence-electron chi connectivity index (χ3n) is 23.9. The second-order valence-electron chi connectivity index (χ2n) is 33.1. The number of aryl methyl sites for hydroxylation is 6. The van der Waals surface area contributed by atoms with Crippen molar-refractivity contribution in [2.24, 2.45) is 0 Å². The molecule has 6 atom stereocenters. The van der Waals surface area contributed by atoms with Gasteiger partial charge in [-0.2, -0.15) is 0 Å². The minimum atomic E-state index is -2.54. The van der Waals surface area contributed by atoms with Crippen LogP contribution < -0.4 is 19.6 Å². The second kappa shape index (κ2) is 25.2. The van der Waals surface area contributed by atoms with Gasteiger partial charge >= 0.3 is 0 Å². The molecule has 18 rings (SSSR count). The van der Waals surface area contributed by atoms with E-state index in [-0.39, 0.29) is 12.3 Å². The van der Waals surface area contributed by atoms with Gasteiger partial charge in [0.15, 0.2) is 47.0 Å². The fourth-order valence-corrected chi connectivity index (χ4v) is 19.1. The third kappa shape index (κ3) is 11.6. The molecule has 6 unspecified atom stereocenters. The number of likely N-dealkylation sites (N-methyl/N-ethyl adjacent to an activating group) is 2. The minimum Gasteiger partial charge on any atom is -0.436 e. The third-order valence-corrected chi connectivity index (χ3v) is 23.9. The van der Waals surface area contributed by atoms with Crippen molar-refractivity contribution in [2.45, 2.75) is 210 Å². The number of furan rings is 4. The Kier molecular flexibility index (Phi) is 13.6. The molecule has 14 heterocycles. The SMILES string of the molecule is [2H]C([2H])([2H])[N+]1(C)C(C)N(c2c(C)ccc3c2oc2nc(C)ccc23)C(C)(C)C1([2H])[2H].[2H]C([2H])([2H])[N+]1(C)C(C)N(c2c(C)ccc3c2oc2ncccc23)C(C)(C)C1([2H])[2H].[2H]C1([2H])C(C)(C)N(c2c(C)ccc3c2oc2nc(C)ccc23)C(C)[N+]12CCCCC2.[2H]C1([2H])C(C)(C)N(c2c(C)ccc3c2oc2ncccc23)C(C)[N+]12CCCCC2. The Labute approximate surface area is 636 Å². The van der Waals surface area contributed by atoms with Crippen LogP contribution in [0.1, 0.15) is 174 Å². The smallest absolute Gasteiger partial charge is 0.227 e. The van der Waals surface area contributed by atoms with E-state index in [9.17, 15) is 5.48 Å². The van der Waals surface area contributed by atoms with Crippen LogP contribution in [-0.2, 0) is 0 Å². The Bertz CT molecular complexity index is 5970. The molecule has 548 valence electrons. The summed E-state index contributed by atoms with van der Waals surface area (Å²) in [6, 6.07) is 32.2. The van der Waals surface area contributed by atoms with E-state index in [1.54, 1.807) is 53.9 Å². The van der Waals surface area contributed by atoms with E-state index in [1.807, 2.05) is 104 Å². The van der Waals surface area contributed by atoms with Crippen molar-refractivity contribution in [2.75, 3.05) is 99.8 Å². The van der Waals surface area contributed by atoms with Crippen LogP contribution in [0.25, 0.3) is 88.3 Å². The molecule has 6 aliphatic heterocycles. The number of piperidine rings is 2. The average Bonchev–Trinajstić information content (AvgIpc) is 1.53. The summed E-state index contributed by atoms with van der Waals surface area (Å²) in [6.07, 6.45) is 8.93. The number of anilines is 4. The number of hydrogen-bond donors (Lipinski definition) is 0. The van der Waals surface area contributed by atoms with Crippen molar-refractivity contribution in [3.8, 4) is 0 Å². The Morgan fingerprint density at radius 2 is 0.644 bits per heavy atom. The largest absolute Gasteiger partial charge is 0.436 e. The highest BCUT2D eigenvalue weighted by atomic mass is 16.4. The van der Waals surface area contributed by atoms with Crippen LogP contribution in [0.3, 0.4) is 0 Å². The molecule has 0 saturated carbocycles. The van der Waals surface area contributed by atoms with Crippen LogP contribution in [0.2, 0.25) is 0 Å². The topological polar surface area (TPSA) is 117 Å². The highest BCUT2D eigenvalue weighted by Crippen LogP contribution is 2.51. The summed E-state index contributed by atoms with van der Waals surface area (Å²) in [7, 11) is 2.97. The summed E-state index contributed by atoms with van der Waals surface area (Å²) in [5.41, 5.74) is 10.9. The molecule has 6 aliphatic rings. The number of nitrogens with zero attached hydrogens (tertiary/aromatic N) is 12. The molecule has 0 aliphatic carbocycles. The molecule has 6 saturated heterocycles. The molecule has 4 aromatic carbocycles. The highest BCUT2D eigenvalue weighted by Gasteiger charge is 2.58. The lowest BCUT2D eigenvalue weighted by atomic mass is 10.00. The fourth-order valence-electron chi connectivity index (χ4n) is 19.1. The van der Waals surface area contributed by atoms with Crippen molar-refractivity contribution >= 4 is 111 Å². The van der Waals surface area contributed by atoms with Crippen molar-refractivity contribution in [1.29, 1.82) is 0 Å². The zero-order valence-corrected chi connectivity index (χ0v) is 64.8. The van der Waals surface area contributed by atoms with E-state index in [2.05, 4.69) is 115 Å². The molecule has 8 aromatic heterocycles. The molecule has 16 nitrogen and oxygen atoms in total. The van der Waals surface area contributed by atoms with E-state index >= 15 is 0 Å². The Hall–Kier alpha value is -8.28. The van der Waals surface area contributed by atoms with Crippen LogP contribution in [0.15, 0.2) is 127 Å². The molecule has 2 spiro atoms. The first-order chi connectivity index (χ1) is 54.8. The zero-order chi connectivity index (χ0) is 86.1. The summed E-state index contributed by atoms with van der Waals surface area (Å²) >= 11 is 0. The van der Waals surface area contributed by atoms with E-state index in [0.29, 0.717) is 48.7 Å². The predicted molar refractivity (Wildman–Crippen MR) is 430 cm³/mol. The van der Waals surface area contributed by atoms with Gasteiger partial charge in [-0.15, -0.1) is 0 Å². The number of benzene rings is 4. The zero-order valence-electron chi connectivity index (χ0n) is 78.8. The maximum Gasteiger partial charge on any atom is 0.227 e. The number of fused-ring (bicyclic) bond motifs is 12. The summed E-state index contributed by atoms with van der Waals surface area (Å²) < 4.78 is 146. The molecule has 0 bridgehead atoms. The number of pyridine rings is 4. The average molecular weight is 1420 g/mol. The van der Waals surface area contributed by atoms with Gasteiger partial charge in [-0.1, -0.05) is 48.5 Å². The van der Waals surface area contributed by atoms with E-state index in [4.69, 9.17) is 31.4 Å². The van der Waals surface area contributed by atoms with Crippen molar-refractivity contribution < 1.29 is 54.8 Å². The number of hydrogen-bond acceptors (Lipinski definition) is 12. The van der Waals surface area contributed by atoms with Gasteiger partial charge in [-0.25, -0.2) is 19.9 Å². The summed E-state index contributed by atoms with van der Waals surface area (Å²) in [5, 5.41) is 7.67. The standard InChI is InChI=1S/C24H32N3O.C23H30N3O.C21H28N3O.C20H26N3O/c1-16-9-11-19-20-12-10-17(2)25-23(20)28-22(19)21(16)26-18(3)27(15-24(26,4)5)13-7-6-8-14-27;1-16-10-11-18-19-9-8-12-24-22(19)27-21(18)20(16)25-17(2)26(15-23(25,3)4)13-6-5-7-14-26;1-13-8-10-16-17-11-9-14(2)22-20(17)25-19(16)18(13)23-15(3)24(6,7)12-21(23,4)5;1-13-9-10-15-16-8-7-11-21-19(16)24-18(15)17(13)22-14(2)23(5,6)12-20(22,3)4/h9-12,18H,6-8,13-15H2,1-5H3;8-12,17H,5-7,13-15H2,1-4H3;8-11,15H,12H2,1-7H3;7-11,14H,12H2,1-6H3/q4*+1/i2*15D2;6D3,12D2;5D3,12D2. The molecule has 6 fully saturated rings. The van der Waals surface area contributed by atoms with Gasteiger partial charge < -0.3 is 55.2 Å². The summed E-state index contributed by atoms with van der Waals surface area (Å²) in [4.78, 5) is 26.3. The van der Waals surface area contributed by atoms with Gasteiger partial charge in [0.1, 0.15) is 26.0 Å². The lowest BCUT2D eigenvalue weighted by Crippen LogP contribution is -2.56. The maximum atomic E-state index is 9.31. The predicted octanol–water partition coefficient (Wildman–Crippen LogP) is 19.7. The van der Waals surface area contributed by atoms with Gasteiger partial charge in [-0.05, 0) is 206 Å². The first-order valence-corrected chi connectivity index (χ1v) is 37.5. The number of rotatable bonds is 4. The Balaban J connectivity index is 0.000000123. The van der Waals surface area contributed by atoms with Crippen LogP contribution in [0.4, 0.5) is 22.7 Å². The number of aromatic nitrogens is 4. The molecule has 16 heteroatoms. The lowest BCUT2D eigenvalue weighted by molar-refractivity contribution is -0.942. The molecule has 0 N–H and O–H groups in total. The molecule has 0 radical (unpaired) electrons. The molecule has 104 heavy (non-hydrogen) atoms. The molecular weight excluding hydrogens is 1290 g/mol. The normalized spacial score (nSPS) is 29.3. The Morgan fingerprint density at radius 3 is 0.952 bits per heavy atom.